The maximum Gasteiger partial charge on any atom is 0.258 e. The van der Waals surface area contributed by atoms with Crippen molar-refractivity contribution >= 4 is 34.5 Å². The number of nitrogens with zero attached hydrogens (tertiary/aromatic N) is 5. The maximum absolute atomic E-state index is 12.1. The van der Waals surface area contributed by atoms with Gasteiger partial charge in [0.25, 0.3) is 5.91 Å². The van der Waals surface area contributed by atoms with Crippen LogP contribution in [0.1, 0.15) is 24.8 Å². The molecule has 4 rings (SSSR count). The van der Waals surface area contributed by atoms with Crippen molar-refractivity contribution in [2.75, 3.05) is 37.4 Å². The number of fused-ring (bicyclic) bond motifs is 1. The van der Waals surface area contributed by atoms with E-state index in [-0.39, 0.29) is 12.5 Å². The average molecular weight is 441 g/mol. The van der Waals surface area contributed by atoms with Crippen LogP contribution in [-0.2, 0) is 11.3 Å². The number of carbonyl (C=O) groups excluding carboxylic acids is 1. The highest BCUT2D eigenvalue weighted by Crippen LogP contribution is 2.28. The van der Waals surface area contributed by atoms with Crippen molar-refractivity contribution in [3.8, 4) is 5.75 Å². The molecule has 164 valence electrons. The molecule has 0 unspecified atom stereocenters. The van der Waals surface area contributed by atoms with Crippen molar-refractivity contribution in [3.05, 3.63) is 36.0 Å². The molecule has 31 heavy (non-hydrogen) atoms. The smallest absolute Gasteiger partial charge is 0.258 e. The van der Waals surface area contributed by atoms with Crippen LogP contribution in [0.15, 0.2) is 35.6 Å². The quantitative estimate of drug-likeness (QED) is 0.426. The summed E-state index contributed by atoms with van der Waals surface area (Å²) >= 11 is 1.53. The van der Waals surface area contributed by atoms with Crippen LogP contribution in [0.3, 0.4) is 0 Å². The predicted molar refractivity (Wildman–Crippen MR) is 123 cm³/mol. The molecule has 8 nitrogen and oxygen atoms in total. The Bertz CT molecular complexity index is 1030. The Morgan fingerprint density at radius 2 is 1.94 bits per heavy atom. The number of thioether (sulfide) groups is 1. The topological polar surface area (TPSA) is 85.2 Å². The van der Waals surface area contributed by atoms with Crippen LogP contribution in [0.4, 0.5) is 5.82 Å². The number of rotatable bonds is 8. The van der Waals surface area contributed by atoms with Crippen LogP contribution in [0.5, 0.6) is 5.75 Å². The first kappa shape index (κ1) is 21.4. The molecular weight excluding hydrogens is 412 g/mol. The number of hydrogen-bond donors (Lipinski definition) is 1. The van der Waals surface area contributed by atoms with Gasteiger partial charge in [-0.2, -0.15) is 5.10 Å². The number of carbonyl (C=O) groups is 1. The van der Waals surface area contributed by atoms with E-state index in [1.807, 2.05) is 48.3 Å². The fourth-order valence-corrected chi connectivity index (χ4v) is 4.01. The molecule has 1 fully saturated rings. The lowest BCUT2D eigenvalue weighted by Gasteiger charge is -2.28. The SMILES string of the molecule is CSc1nc(N2CCCCC2)c2cnn(CCNC(=O)COc3ccc(C)cc3)c2n1. The molecule has 0 bridgehead atoms. The summed E-state index contributed by atoms with van der Waals surface area (Å²) in [7, 11) is 0. The van der Waals surface area contributed by atoms with Gasteiger partial charge >= 0.3 is 0 Å². The lowest BCUT2D eigenvalue weighted by molar-refractivity contribution is -0.123. The van der Waals surface area contributed by atoms with Gasteiger partial charge in [0.2, 0.25) is 0 Å². The molecule has 1 saturated heterocycles. The second kappa shape index (κ2) is 10.00. The fraction of sp³-hybridized carbons (Fsp3) is 0.455. The summed E-state index contributed by atoms with van der Waals surface area (Å²) in [5.41, 5.74) is 1.96. The first-order valence-electron chi connectivity index (χ1n) is 10.6. The summed E-state index contributed by atoms with van der Waals surface area (Å²) in [5, 5.41) is 9.12. The Balaban J connectivity index is 1.38. The van der Waals surface area contributed by atoms with Gasteiger partial charge in [-0.05, 0) is 44.6 Å². The lowest BCUT2D eigenvalue weighted by Crippen LogP contribution is -2.32. The van der Waals surface area contributed by atoms with E-state index in [0.29, 0.717) is 18.8 Å². The van der Waals surface area contributed by atoms with E-state index in [2.05, 4.69) is 20.3 Å². The number of ether oxygens (including phenoxy) is 1. The monoisotopic (exact) mass is 440 g/mol. The molecule has 1 amide bonds. The molecule has 9 heteroatoms. The van der Waals surface area contributed by atoms with Crippen LogP contribution in [0.2, 0.25) is 0 Å². The van der Waals surface area contributed by atoms with Crippen LogP contribution in [0.25, 0.3) is 11.0 Å². The Labute approximate surface area is 186 Å². The van der Waals surface area contributed by atoms with Crippen molar-refractivity contribution < 1.29 is 9.53 Å². The van der Waals surface area contributed by atoms with Gasteiger partial charge in [-0.15, -0.1) is 0 Å². The highest BCUT2D eigenvalue weighted by molar-refractivity contribution is 7.98. The molecule has 1 aliphatic rings. The van der Waals surface area contributed by atoms with E-state index < -0.39 is 0 Å². The normalized spacial score (nSPS) is 14.1. The number of nitrogens with one attached hydrogen (secondary N) is 1. The minimum Gasteiger partial charge on any atom is -0.484 e. The van der Waals surface area contributed by atoms with Gasteiger partial charge in [-0.1, -0.05) is 29.5 Å². The molecule has 0 atom stereocenters. The zero-order chi connectivity index (χ0) is 21.6. The van der Waals surface area contributed by atoms with Crippen LogP contribution >= 0.6 is 11.8 Å². The van der Waals surface area contributed by atoms with Crippen molar-refractivity contribution in [1.82, 2.24) is 25.1 Å². The summed E-state index contributed by atoms with van der Waals surface area (Å²) in [4.78, 5) is 23.9. The second-order valence-electron chi connectivity index (χ2n) is 7.64. The molecule has 3 aromatic rings. The Kier molecular flexibility index (Phi) is 6.91. The molecule has 0 spiro atoms. The highest BCUT2D eigenvalue weighted by Gasteiger charge is 2.19. The fourth-order valence-electron chi connectivity index (χ4n) is 3.66. The van der Waals surface area contributed by atoms with E-state index in [1.54, 1.807) is 0 Å². The molecular formula is C22H28N6O2S. The third-order valence-corrected chi connectivity index (χ3v) is 5.88. The summed E-state index contributed by atoms with van der Waals surface area (Å²) in [5.74, 6) is 1.49. The third kappa shape index (κ3) is 5.28. The van der Waals surface area contributed by atoms with Gasteiger partial charge in [0.15, 0.2) is 17.4 Å². The molecule has 1 N–H and O–H groups in total. The van der Waals surface area contributed by atoms with Gasteiger partial charge < -0.3 is 15.0 Å². The zero-order valence-electron chi connectivity index (χ0n) is 18.0. The first-order chi connectivity index (χ1) is 15.1. The predicted octanol–water partition coefficient (Wildman–Crippen LogP) is 3.04. The van der Waals surface area contributed by atoms with Gasteiger partial charge in [0.05, 0.1) is 18.1 Å². The van der Waals surface area contributed by atoms with Crippen LogP contribution < -0.4 is 15.0 Å². The van der Waals surface area contributed by atoms with E-state index in [4.69, 9.17) is 9.72 Å². The third-order valence-electron chi connectivity index (χ3n) is 5.33. The standard InChI is InChI=1S/C22H28N6O2S/c1-16-6-8-17(9-7-16)30-15-19(29)23-10-13-28-21-18(14-24-28)20(25-22(26-21)31-2)27-11-4-3-5-12-27/h6-9,14H,3-5,10-13,15H2,1-2H3,(H,23,29). The molecule has 0 saturated carbocycles. The number of aryl methyl sites for hydroxylation is 1. The number of amides is 1. The van der Waals surface area contributed by atoms with Crippen LogP contribution in [0, 0.1) is 6.92 Å². The van der Waals surface area contributed by atoms with Gasteiger partial charge in [0.1, 0.15) is 11.6 Å². The molecule has 3 heterocycles. The van der Waals surface area contributed by atoms with E-state index in [9.17, 15) is 4.79 Å². The summed E-state index contributed by atoms with van der Waals surface area (Å²) in [6.07, 6.45) is 7.46. The maximum atomic E-state index is 12.1. The van der Waals surface area contributed by atoms with Gasteiger partial charge in [0, 0.05) is 19.6 Å². The molecule has 0 radical (unpaired) electrons. The van der Waals surface area contributed by atoms with Crippen molar-refractivity contribution in [1.29, 1.82) is 0 Å². The van der Waals surface area contributed by atoms with E-state index in [1.165, 1.54) is 31.0 Å². The van der Waals surface area contributed by atoms with Crippen LogP contribution in [-0.4, -0.2) is 58.2 Å². The zero-order valence-corrected chi connectivity index (χ0v) is 18.8. The molecule has 1 aromatic carbocycles. The summed E-state index contributed by atoms with van der Waals surface area (Å²) in [6.45, 7) is 5.01. The minimum atomic E-state index is -0.162. The minimum absolute atomic E-state index is 0.0131. The molecule has 0 aliphatic carbocycles. The van der Waals surface area contributed by atoms with E-state index in [0.717, 1.165) is 40.7 Å². The lowest BCUT2D eigenvalue weighted by atomic mass is 10.1. The number of anilines is 1. The van der Waals surface area contributed by atoms with E-state index >= 15 is 0 Å². The van der Waals surface area contributed by atoms with Crippen molar-refractivity contribution in [3.63, 3.8) is 0 Å². The van der Waals surface area contributed by atoms with Crippen molar-refractivity contribution in [2.45, 2.75) is 37.9 Å². The Morgan fingerprint density at radius 1 is 1.16 bits per heavy atom. The molecule has 1 aliphatic heterocycles. The number of piperidine rings is 1. The van der Waals surface area contributed by atoms with Gasteiger partial charge in [-0.25, -0.2) is 14.6 Å². The highest BCUT2D eigenvalue weighted by atomic mass is 32.2. The Morgan fingerprint density at radius 3 is 2.68 bits per heavy atom. The van der Waals surface area contributed by atoms with Crippen molar-refractivity contribution in [2.24, 2.45) is 0 Å². The summed E-state index contributed by atoms with van der Waals surface area (Å²) in [6, 6.07) is 7.64. The number of aromatic nitrogens is 4. The number of hydrogen-bond acceptors (Lipinski definition) is 7. The first-order valence-corrected chi connectivity index (χ1v) is 11.8. The molecule has 2 aromatic heterocycles. The Hall–Kier alpha value is -2.81. The average Bonchev–Trinajstić information content (AvgIpc) is 3.21. The number of benzene rings is 1. The summed E-state index contributed by atoms with van der Waals surface area (Å²) < 4.78 is 7.37. The van der Waals surface area contributed by atoms with Gasteiger partial charge in [-0.3, -0.25) is 4.79 Å². The largest absolute Gasteiger partial charge is 0.484 e. The second-order valence-corrected chi connectivity index (χ2v) is 8.41.